The lowest BCUT2D eigenvalue weighted by molar-refractivity contribution is -0.186. The summed E-state index contributed by atoms with van der Waals surface area (Å²) in [7, 11) is -4.63. The molecule has 0 aliphatic heterocycles. The van der Waals surface area contributed by atoms with E-state index in [4.69, 9.17) is 13.8 Å². The number of hydrogen-bond donors (Lipinski definition) is 0. The lowest BCUT2D eigenvalue weighted by Crippen LogP contribution is -2.45. The van der Waals surface area contributed by atoms with Crippen LogP contribution in [0.4, 0.5) is 13.2 Å². The number of alkyl halides is 3. The van der Waals surface area contributed by atoms with Crippen LogP contribution in [0.2, 0.25) is 0 Å². The first-order valence-corrected chi connectivity index (χ1v) is 13.3. The molecule has 0 fully saturated rings. The second kappa shape index (κ2) is 11.1. The number of rotatable bonds is 9. The zero-order chi connectivity index (χ0) is 27.3. The van der Waals surface area contributed by atoms with E-state index >= 15 is 0 Å². The van der Waals surface area contributed by atoms with E-state index in [0.717, 1.165) is 10.8 Å². The number of amides is 1. The molecule has 0 atom stereocenters. The minimum absolute atomic E-state index is 0.0715. The molecule has 7 nitrogen and oxygen atoms in total. The van der Waals surface area contributed by atoms with Crippen molar-refractivity contribution in [1.82, 2.24) is 4.90 Å². The average molecular weight is 545 g/mol. The summed E-state index contributed by atoms with van der Waals surface area (Å²) in [5.74, 6) is -3.34. The van der Waals surface area contributed by atoms with Gasteiger partial charge in [0.25, 0.3) is 0 Å². The van der Waals surface area contributed by atoms with E-state index < -0.39 is 38.5 Å². The van der Waals surface area contributed by atoms with Gasteiger partial charge in [-0.2, -0.15) is 13.2 Å². The smallest absolute Gasteiger partial charge is 0.465 e. The summed E-state index contributed by atoms with van der Waals surface area (Å²) in [6.45, 7) is 0.240. The molecular weight excluding hydrogens is 522 g/mol. The highest BCUT2D eigenvalue weighted by Crippen LogP contribution is 2.51. The van der Waals surface area contributed by atoms with E-state index in [1.54, 1.807) is 72.8 Å². The van der Waals surface area contributed by atoms with Gasteiger partial charge in [0.1, 0.15) is 24.3 Å². The molecule has 0 heterocycles. The van der Waals surface area contributed by atoms with E-state index in [2.05, 4.69) is 0 Å². The summed E-state index contributed by atoms with van der Waals surface area (Å²) in [5.41, 5.74) is 0. The van der Waals surface area contributed by atoms with Crippen LogP contribution in [0.3, 0.4) is 0 Å². The summed E-state index contributed by atoms with van der Waals surface area (Å²) in [6.07, 6.45) is -6.52. The summed E-state index contributed by atoms with van der Waals surface area (Å²) < 4.78 is 71.0. The van der Waals surface area contributed by atoms with Crippen molar-refractivity contribution in [2.75, 3.05) is 19.4 Å². The van der Waals surface area contributed by atoms with Crippen LogP contribution >= 0.6 is 7.60 Å². The number of hydrogen-bond acceptors (Lipinski definition) is 6. The lowest BCUT2D eigenvalue weighted by atomic mass is 10.1. The Bertz CT molecular complexity index is 1430. The Morgan fingerprint density at radius 1 is 0.789 bits per heavy atom. The fourth-order valence-corrected chi connectivity index (χ4v) is 5.58. The van der Waals surface area contributed by atoms with Crippen molar-refractivity contribution in [1.29, 1.82) is 0 Å². The predicted octanol–water partition coefficient (Wildman–Crippen LogP) is 6.56. The van der Waals surface area contributed by atoms with Crippen molar-refractivity contribution < 1.29 is 41.1 Å². The Hall–Kier alpha value is -4.04. The first kappa shape index (κ1) is 27.0. The molecule has 0 radical (unpaired) electrons. The topological polar surface area (TPSA) is 82.1 Å². The Labute approximate surface area is 216 Å². The van der Waals surface area contributed by atoms with Gasteiger partial charge in [0.2, 0.25) is 0 Å². The molecule has 4 aromatic rings. The van der Waals surface area contributed by atoms with E-state index in [0.29, 0.717) is 10.8 Å². The van der Waals surface area contributed by atoms with Gasteiger partial charge in [-0.15, -0.1) is 0 Å². The molecule has 1 amide bonds. The fraction of sp³-hybridized carbons (Fsp3) is 0.185. The van der Waals surface area contributed by atoms with Crippen LogP contribution in [0.1, 0.15) is 6.92 Å². The van der Waals surface area contributed by atoms with Crippen LogP contribution in [0.15, 0.2) is 84.9 Å². The van der Waals surface area contributed by atoms with Crippen LogP contribution in [0, 0.1) is 0 Å². The van der Waals surface area contributed by atoms with Crippen molar-refractivity contribution in [3.63, 3.8) is 0 Å². The lowest BCUT2D eigenvalue weighted by Gasteiger charge is -2.28. The maximum Gasteiger partial charge on any atom is 0.471 e. The second-order valence-corrected chi connectivity index (χ2v) is 10.1. The number of halogens is 3. The number of ether oxygens (including phenoxy) is 1. The standard InChI is InChI=1S/C27H23F3NO6P/c1-2-35-25(32)17-31(26(33)27(28,29)30)18-38(34,36-23-15-7-11-19-9-3-5-13-21(19)23)37-24-16-8-12-20-10-4-6-14-22(20)24/h3-16H,2,17-18H2,1H3. The van der Waals surface area contributed by atoms with Crippen molar-refractivity contribution in [3.8, 4) is 11.5 Å². The van der Waals surface area contributed by atoms with Crippen molar-refractivity contribution in [2.24, 2.45) is 0 Å². The van der Waals surface area contributed by atoms with Crippen LogP contribution in [0.25, 0.3) is 21.5 Å². The number of esters is 1. The Balaban J connectivity index is 1.79. The van der Waals surface area contributed by atoms with Crippen LogP contribution in [-0.2, 0) is 18.9 Å². The third-order valence-corrected chi connectivity index (χ3v) is 7.11. The van der Waals surface area contributed by atoms with Crippen LogP contribution in [-0.4, -0.2) is 42.4 Å². The van der Waals surface area contributed by atoms with Gasteiger partial charge < -0.3 is 18.7 Å². The summed E-state index contributed by atoms with van der Waals surface area (Å²) in [4.78, 5) is 24.4. The molecule has 0 aromatic heterocycles. The zero-order valence-corrected chi connectivity index (χ0v) is 21.1. The predicted molar refractivity (Wildman–Crippen MR) is 136 cm³/mol. The molecule has 198 valence electrons. The summed E-state index contributed by atoms with van der Waals surface area (Å²) in [6, 6.07) is 23.7. The average Bonchev–Trinajstić information content (AvgIpc) is 2.88. The summed E-state index contributed by atoms with van der Waals surface area (Å²) in [5, 5.41) is 2.49. The Kier molecular flexibility index (Phi) is 7.92. The molecule has 4 aromatic carbocycles. The quantitative estimate of drug-likeness (QED) is 0.175. The first-order chi connectivity index (χ1) is 18.1. The third-order valence-electron chi connectivity index (χ3n) is 5.47. The largest absolute Gasteiger partial charge is 0.471 e. The molecule has 4 rings (SSSR count). The number of fused-ring (bicyclic) bond motifs is 2. The molecule has 11 heteroatoms. The van der Waals surface area contributed by atoms with Gasteiger partial charge in [0.05, 0.1) is 6.61 Å². The normalized spacial score (nSPS) is 11.8. The monoisotopic (exact) mass is 545 g/mol. The Morgan fingerprint density at radius 3 is 1.74 bits per heavy atom. The van der Waals surface area contributed by atoms with Gasteiger partial charge in [-0.25, -0.2) is 4.57 Å². The molecule has 0 bridgehead atoms. The molecule has 0 unspecified atom stereocenters. The SMILES string of the molecule is CCOC(=O)CN(CP(=O)(Oc1cccc2ccccc12)Oc1cccc2ccccc12)C(=O)C(F)(F)F. The highest BCUT2D eigenvalue weighted by molar-refractivity contribution is 7.54. The van der Waals surface area contributed by atoms with Gasteiger partial charge in [0.15, 0.2) is 0 Å². The Morgan fingerprint density at radius 2 is 1.26 bits per heavy atom. The minimum Gasteiger partial charge on any atom is -0.465 e. The number of benzene rings is 4. The van der Waals surface area contributed by atoms with Crippen molar-refractivity contribution >= 4 is 41.0 Å². The highest BCUT2D eigenvalue weighted by atomic mass is 31.2. The van der Waals surface area contributed by atoms with E-state index in [1.807, 2.05) is 0 Å². The van der Waals surface area contributed by atoms with Crippen LogP contribution in [0.5, 0.6) is 11.5 Å². The summed E-state index contributed by atoms with van der Waals surface area (Å²) >= 11 is 0. The molecule has 0 saturated carbocycles. The van der Waals surface area contributed by atoms with Crippen molar-refractivity contribution in [2.45, 2.75) is 13.1 Å². The van der Waals surface area contributed by atoms with Gasteiger partial charge in [0, 0.05) is 10.8 Å². The molecular formula is C27H23F3NO6P. The maximum absolute atomic E-state index is 14.3. The first-order valence-electron chi connectivity index (χ1n) is 11.5. The molecule has 38 heavy (non-hydrogen) atoms. The van der Waals surface area contributed by atoms with E-state index in [1.165, 1.54) is 19.1 Å². The minimum atomic E-state index is -5.35. The number of nitrogens with zero attached hydrogens (tertiary/aromatic N) is 1. The second-order valence-electron chi connectivity index (χ2n) is 8.20. The van der Waals surface area contributed by atoms with Crippen LogP contribution < -0.4 is 9.05 Å². The van der Waals surface area contributed by atoms with E-state index in [9.17, 15) is 27.3 Å². The number of carbonyl (C=O) groups is 2. The maximum atomic E-state index is 14.3. The van der Waals surface area contributed by atoms with Gasteiger partial charge in [-0.3, -0.25) is 9.59 Å². The molecule has 0 spiro atoms. The van der Waals surface area contributed by atoms with Crippen molar-refractivity contribution in [3.05, 3.63) is 84.9 Å². The molecule has 0 saturated heterocycles. The molecule has 0 N–H and O–H groups in total. The molecule has 0 aliphatic carbocycles. The number of carbonyl (C=O) groups excluding carboxylic acids is 2. The fourth-order valence-electron chi connectivity index (χ4n) is 3.86. The third kappa shape index (κ3) is 6.26. The van der Waals surface area contributed by atoms with Gasteiger partial charge in [-0.1, -0.05) is 72.8 Å². The van der Waals surface area contributed by atoms with Gasteiger partial charge >= 0.3 is 25.6 Å². The molecule has 0 aliphatic rings. The zero-order valence-electron chi connectivity index (χ0n) is 20.2. The highest BCUT2D eigenvalue weighted by Gasteiger charge is 2.46. The van der Waals surface area contributed by atoms with Gasteiger partial charge in [-0.05, 0) is 29.8 Å². The van der Waals surface area contributed by atoms with E-state index in [-0.39, 0.29) is 23.0 Å².